The molecule has 0 aromatic heterocycles. The number of likely N-dealkylation sites (tertiary alicyclic amines) is 1. The lowest BCUT2D eigenvalue weighted by atomic mass is 10.1. The summed E-state index contributed by atoms with van der Waals surface area (Å²) in [5.74, 6) is -0.406. The number of amides is 1. The first-order valence-corrected chi connectivity index (χ1v) is 8.93. The largest absolute Gasteiger partial charge is 0.488 e. The maximum absolute atomic E-state index is 12.5. The second-order valence-corrected chi connectivity index (χ2v) is 6.75. The van der Waals surface area contributed by atoms with Gasteiger partial charge >= 0.3 is 5.97 Å². The maximum Gasteiger partial charge on any atom is 0.326 e. The smallest absolute Gasteiger partial charge is 0.326 e. The fraction of sp³-hybridized carbons (Fsp3) is 0.368. The molecule has 1 heterocycles. The first-order valence-electron chi connectivity index (χ1n) is 8.30. The van der Waals surface area contributed by atoms with Crippen molar-refractivity contribution >= 4 is 35.3 Å². The van der Waals surface area contributed by atoms with Crippen molar-refractivity contribution in [2.24, 2.45) is 5.92 Å². The van der Waals surface area contributed by atoms with Gasteiger partial charge in [-0.25, -0.2) is 4.79 Å². The number of aliphatic carboxylic acids is 1. The zero-order valence-electron chi connectivity index (χ0n) is 14.0. The zero-order valence-corrected chi connectivity index (χ0v) is 14.9. The van der Waals surface area contributed by atoms with E-state index in [1.54, 1.807) is 6.92 Å². The summed E-state index contributed by atoms with van der Waals surface area (Å²) >= 11 is 4.15. The quantitative estimate of drug-likeness (QED) is 0.806. The molecule has 2 aromatic rings. The Morgan fingerprint density at radius 3 is 2.72 bits per heavy atom. The van der Waals surface area contributed by atoms with Gasteiger partial charge in [-0.05, 0) is 11.5 Å². The van der Waals surface area contributed by atoms with Crippen LogP contribution in [0.5, 0.6) is 5.75 Å². The highest BCUT2D eigenvalue weighted by Crippen LogP contribution is 2.30. The number of fused-ring (bicyclic) bond motifs is 1. The van der Waals surface area contributed by atoms with Crippen molar-refractivity contribution in [3.8, 4) is 5.75 Å². The van der Waals surface area contributed by atoms with Gasteiger partial charge in [0.15, 0.2) is 0 Å². The van der Waals surface area contributed by atoms with Crippen molar-refractivity contribution < 1.29 is 19.4 Å². The van der Waals surface area contributed by atoms with Crippen LogP contribution in [-0.4, -0.2) is 46.3 Å². The van der Waals surface area contributed by atoms with Gasteiger partial charge in [-0.1, -0.05) is 43.3 Å². The number of benzene rings is 2. The Bertz CT molecular complexity index is 789. The summed E-state index contributed by atoms with van der Waals surface area (Å²) in [6.07, 6.45) is -0.0631. The molecule has 3 atom stereocenters. The molecule has 132 valence electrons. The number of carboxylic acids is 1. The number of carbonyl (C=O) groups is 2. The first-order chi connectivity index (χ1) is 12.0. The summed E-state index contributed by atoms with van der Waals surface area (Å²) < 4.78 is 6.09. The Labute approximate surface area is 152 Å². The molecule has 1 saturated heterocycles. The van der Waals surface area contributed by atoms with Gasteiger partial charge in [-0.3, -0.25) is 4.79 Å². The van der Waals surface area contributed by atoms with Crippen LogP contribution in [0.1, 0.15) is 13.3 Å². The Morgan fingerprint density at radius 1 is 1.28 bits per heavy atom. The standard InChI is InChI=1S/C19H21NO4S/c1-12(11-25)18(21)20-10-14(9-16(20)19(22)23)24-17-8-4-6-13-5-2-3-7-15(13)17/h2-8,12,14,16,25H,9-11H2,1H3,(H,22,23)/t12?,14-,16-/m0/s1. The van der Waals surface area contributed by atoms with E-state index >= 15 is 0 Å². The van der Waals surface area contributed by atoms with Gasteiger partial charge < -0.3 is 14.7 Å². The van der Waals surface area contributed by atoms with Crippen molar-refractivity contribution in [3.05, 3.63) is 42.5 Å². The van der Waals surface area contributed by atoms with E-state index in [4.69, 9.17) is 4.74 Å². The highest BCUT2D eigenvalue weighted by atomic mass is 32.1. The first kappa shape index (κ1) is 17.6. The Morgan fingerprint density at radius 2 is 2.00 bits per heavy atom. The van der Waals surface area contributed by atoms with Gasteiger partial charge in [0.25, 0.3) is 0 Å². The number of carboxylic acid groups (broad SMARTS) is 1. The van der Waals surface area contributed by atoms with Crippen LogP contribution in [0.25, 0.3) is 10.8 Å². The minimum Gasteiger partial charge on any atom is -0.488 e. The summed E-state index contributed by atoms with van der Waals surface area (Å²) in [5, 5.41) is 11.5. The lowest BCUT2D eigenvalue weighted by molar-refractivity contribution is -0.149. The van der Waals surface area contributed by atoms with Gasteiger partial charge in [0.1, 0.15) is 17.9 Å². The second kappa shape index (κ2) is 7.35. The van der Waals surface area contributed by atoms with Crippen LogP contribution in [-0.2, 0) is 9.59 Å². The van der Waals surface area contributed by atoms with E-state index in [0.29, 0.717) is 11.5 Å². The Hall–Kier alpha value is -2.21. The average Bonchev–Trinajstić information content (AvgIpc) is 3.05. The third-order valence-corrected chi connectivity index (χ3v) is 5.12. The fourth-order valence-corrected chi connectivity index (χ4v) is 3.36. The van der Waals surface area contributed by atoms with Crippen molar-refractivity contribution in [1.82, 2.24) is 4.90 Å². The van der Waals surface area contributed by atoms with Crippen LogP contribution in [0.2, 0.25) is 0 Å². The third-order valence-electron chi connectivity index (χ3n) is 4.57. The van der Waals surface area contributed by atoms with Crippen LogP contribution in [0.3, 0.4) is 0 Å². The number of hydrogen-bond acceptors (Lipinski definition) is 4. The van der Waals surface area contributed by atoms with E-state index in [-0.39, 0.29) is 30.9 Å². The summed E-state index contributed by atoms with van der Waals surface area (Å²) in [4.78, 5) is 25.4. The van der Waals surface area contributed by atoms with Crippen molar-refractivity contribution in [1.29, 1.82) is 0 Å². The number of hydrogen-bond donors (Lipinski definition) is 2. The van der Waals surface area contributed by atoms with Crippen molar-refractivity contribution in [2.45, 2.75) is 25.5 Å². The average molecular weight is 359 g/mol. The van der Waals surface area contributed by atoms with E-state index in [9.17, 15) is 14.7 Å². The van der Waals surface area contributed by atoms with Crippen LogP contribution < -0.4 is 4.74 Å². The van der Waals surface area contributed by atoms with E-state index in [1.807, 2.05) is 42.5 Å². The number of thiol groups is 1. The highest BCUT2D eigenvalue weighted by Gasteiger charge is 2.41. The number of rotatable bonds is 5. The van der Waals surface area contributed by atoms with Crippen molar-refractivity contribution in [2.75, 3.05) is 12.3 Å². The fourth-order valence-electron chi connectivity index (χ4n) is 3.20. The molecule has 25 heavy (non-hydrogen) atoms. The molecule has 0 radical (unpaired) electrons. The summed E-state index contributed by atoms with van der Waals surface area (Å²) in [5.41, 5.74) is 0. The van der Waals surface area contributed by atoms with Gasteiger partial charge in [0.2, 0.25) is 5.91 Å². The molecule has 1 aliphatic heterocycles. The Kier molecular flexibility index (Phi) is 5.18. The second-order valence-electron chi connectivity index (χ2n) is 6.38. The molecule has 6 heteroatoms. The molecule has 1 fully saturated rings. The third kappa shape index (κ3) is 3.58. The monoisotopic (exact) mass is 359 g/mol. The summed E-state index contributed by atoms with van der Waals surface area (Å²) in [7, 11) is 0. The van der Waals surface area contributed by atoms with Crippen LogP contribution in [0.4, 0.5) is 0 Å². The van der Waals surface area contributed by atoms with Crippen LogP contribution >= 0.6 is 12.6 Å². The molecule has 1 aliphatic rings. The minimum absolute atomic E-state index is 0.189. The van der Waals surface area contributed by atoms with Crippen molar-refractivity contribution in [3.63, 3.8) is 0 Å². The summed E-state index contributed by atoms with van der Waals surface area (Å²) in [6.45, 7) is 2.03. The molecule has 1 N–H and O–H groups in total. The van der Waals surface area contributed by atoms with Gasteiger partial charge in [0.05, 0.1) is 6.54 Å². The normalized spacial score (nSPS) is 21.3. The topological polar surface area (TPSA) is 66.8 Å². The molecule has 5 nitrogen and oxygen atoms in total. The number of carbonyl (C=O) groups excluding carboxylic acids is 1. The maximum atomic E-state index is 12.5. The van der Waals surface area contributed by atoms with Gasteiger partial charge in [0, 0.05) is 23.5 Å². The van der Waals surface area contributed by atoms with E-state index in [1.165, 1.54) is 4.90 Å². The number of ether oxygens (including phenoxy) is 1. The predicted molar refractivity (Wildman–Crippen MR) is 99.1 cm³/mol. The molecular weight excluding hydrogens is 338 g/mol. The molecule has 3 rings (SSSR count). The lowest BCUT2D eigenvalue weighted by Gasteiger charge is -2.24. The van der Waals surface area contributed by atoms with Crippen LogP contribution in [0.15, 0.2) is 42.5 Å². The van der Waals surface area contributed by atoms with Crippen LogP contribution in [0, 0.1) is 5.92 Å². The minimum atomic E-state index is -0.997. The molecule has 0 bridgehead atoms. The van der Waals surface area contributed by atoms with E-state index in [0.717, 1.165) is 10.8 Å². The zero-order chi connectivity index (χ0) is 18.0. The SMILES string of the molecule is CC(CS)C(=O)N1C[C@@H](Oc2cccc3ccccc23)C[C@H]1C(=O)O. The van der Waals surface area contributed by atoms with Gasteiger partial charge in [-0.2, -0.15) is 12.6 Å². The van der Waals surface area contributed by atoms with E-state index < -0.39 is 12.0 Å². The molecule has 0 aliphatic carbocycles. The van der Waals surface area contributed by atoms with E-state index in [2.05, 4.69) is 12.6 Å². The highest BCUT2D eigenvalue weighted by molar-refractivity contribution is 7.80. The molecule has 0 saturated carbocycles. The molecule has 1 unspecified atom stereocenters. The molecule has 0 spiro atoms. The molecule has 1 amide bonds. The molecular formula is C19H21NO4S. The summed E-state index contributed by atoms with van der Waals surface area (Å²) in [6, 6.07) is 12.8. The Balaban J connectivity index is 1.81. The van der Waals surface area contributed by atoms with Gasteiger partial charge in [-0.15, -0.1) is 0 Å². The lowest BCUT2D eigenvalue weighted by Crippen LogP contribution is -2.43. The predicted octanol–water partition coefficient (Wildman–Crippen LogP) is 2.84. The number of nitrogens with zero attached hydrogens (tertiary/aromatic N) is 1. The molecule has 2 aromatic carbocycles.